The van der Waals surface area contributed by atoms with E-state index >= 15 is 0 Å². The molecule has 1 heterocycles. The Hall–Kier alpha value is 0.140. The van der Waals surface area contributed by atoms with E-state index in [1.807, 2.05) is 11.3 Å². The van der Waals surface area contributed by atoms with E-state index in [2.05, 4.69) is 27.4 Å². The first-order valence-corrected chi connectivity index (χ1v) is 7.91. The molecule has 3 unspecified atom stereocenters. The minimum absolute atomic E-state index is 0.402. The molecule has 16 heavy (non-hydrogen) atoms. The van der Waals surface area contributed by atoms with Gasteiger partial charge in [0.2, 0.25) is 0 Å². The Bertz CT molecular complexity index is 364. The number of nitrogens with two attached hydrogens (primary N) is 1. The van der Waals surface area contributed by atoms with Gasteiger partial charge in [0.25, 0.3) is 0 Å². The lowest BCUT2D eigenvalue weighted by atomic mass is 10.0. The number of halogens is 1. The SMILES string of the molecule is NC(Cc1cc(Br)cs1)C1C2CCCCC21. The van der Waals surface area contributed by atoms with Crippen molar-refractivity contribution in [2.24, 2.45) is 23.5 Å². The molecule has 2 aliphatic rings. The van der Waals surface area contributed by atoms with Crippen LogP contribution in [-0.4, -0.2) is 6.04 Å². The van der Waals surface area contributed by atoms with Crippen LogP contribution in [0.3, 0.4) is 0 Å². The fourth-order valence-corrected chi connectivity index (χ4v) is 5.04. The number of rotatable bonds is 3. The third-order valence-corrected chi connectivity index (χ3v) is 6.00. The minimum atomic E-state index is 0.402. The predicted octanol–water partition coefficient (Wildman–Crippen LogP) is 3.82. The van der Waals surface area contributed by atoms with Gasteiger partial charge in [0, 0.05) is 20.8 Å². The summed E-state index contributed by atoms with van der Waals surface area (Å²) < 4.78 is 1.20. The van der Waals surface area contributed by atoms with Crippen LogP contribution >= 0.6 is 27.3 Å². The molecule has 2 fully saturated rings. The van der Waals surface area contributed by atoms with Gasteiger partial charge < -0.3 is 5.73 Å². The maximum Gasteiger partial charge on any atom is 0.0285 e. The molecule has 2 N–H and O–H groups in total. The highest BCUT2D eigenvalue weighted by Gasteiger charge is 2.52. The van der Waals surface area contributed by atoms with Crippen LogP contribution in [0.25, 0.3) is 0 Å². The first kappa shape index (κ1) is 11.2. The van der Waals surface area contributed by atoms with E-state index in [1.165, 1.54) is 35.0 Å². The second-order valence-corrected chi connectivity index (χ2v) is 7.20. The lowest BCUT2D eigenvalue weighted by Crippen LogP contribution is -2.26. The van der Waals surface area contributed by atoms with Crippen molar-refractivity contribution in [2.75, 3.05) is 0 Å². The molecular formula is C13H18BrNS. The summed E-state index contributed by atoms with van der Waals surface area (Å²) in [6.07, 6.45) is 6.84. The van der Waals surface area contributed by atoms with Gasteiger partial charge in [0.05, 0.1) is 0 Å². The first-order chi connectivity index (χ1) is 7.75. The molecule has 0 aliphatic heterocycles. The van der Waals surface area contributed by atoms with Crippen molar-refractivity contribution in [3.63, 3.8) is 0 Å². The topological polar surface area (TPSA) is 26.0 Å². The molecule has 1 nitrogen and oxygen atoms in total. The predicted molar refractivity (Wildman–Crippen MR) is 72.6 cm³/mol. The quantitative estimate of drug-likeness (QED) is 0.902. The fourth-order valence-electron chi connectivity index (χ4n) is 3.51. The average Bonchev–Trinajstić information content (AvgIpc) is 2.88. The van der Waals surface area contributed by atoms with Gasteiger partial charge in [-0.2, -0.15) is 0 Å². The Morgan fingerprint density at radius 2 is 2.06 bits per heavy atom. The van der Waals surface area contributed by atoms with Crippen LogP contribution in [-0.2, 0) is 6.42 Å². The number of hydrogen-bond donors (Lipinski definition) is 1. The second kappa shape index (κ2) is 4.43. The summed E-state index contributed by atoms with van der Waals surface area (Å²) in [6.45, 7) is 0. The molecule has 2 aliphatic carbocycles. The summed E-state index contributed by atoms with van der Waals surface area (Å²) >= 11 is 5.33. The summed E-state index contributed by atoms with van der Waals surface area (Å²) in [7, 11) is 0. The Balaban J connectivity index is 1.60. The first-order valence-electron chi connectivity index (χ1n) is 6.24. The van der Waals surface area contributed by atoms with Gasteiger partial charge >= 0.3 is 0 Å². The molecule has 0 saturated heterocycles. The molecule has 0 spiro atoms. The van der Waals surface area contributed by atoms with Crippen molar-refractivity contribution in [2.45, 2.75) is 38.1 Å². The van der Waals surface area contributed by atoms with E-state index < -0.39 is 0 Å². The van der Waals surface area contributed by atoms with Crippen molar-refractivity contribution in [1.82, 2.24) is 0 Å². The summed E-state index contributed by atoms with van der Waals surface area (Å²) in [5, 5.41) is 2.15. The van der Waals surface area contributed by atoms with Gasteiger partial charge in [-0.25, -0.2) is 0 Å². The van der Waals surface area contributed by atoms with E-state index in [0.29, 0.717) is 6.04 Å². The molecule has 0 radical (unpaired) electrons. The zero-order valence-corrected chi connectivity index (χ0v) is 11.8. The maximum absolute atomic E-state index is 6.37. The molecule has 2 saturated carbocycles. The third-order valence-electron chi connectivity index (χ3n) is 4.28. The van der Waals surface area contributed by atoms with Crippen molar-refractivity contribution in [1.29, 1.82) is 0 Å². The van der Waals surface area contributed by atoms with Crippen LogP contribution in [0.15, 0.2) is 15.9 Å². The van der Waals surface area contributed by atoms with Gasteiger partial charge in [-0.05, 0) is 59.0 Å². The van der Waals surface area contributed by atoms with E-state index in [9.17, 15) is 0 Å². The van der Waals surface area contributed by atoms with Crippen LogP contribution in [0, 0.1) is 17.8 Å². The number of thiophene rings is 1. The molecule has 1 aromatic heterocycles. The monoisotopic (exact) mass is 299 g/mol. The number of hydrogen-bond acceptors (Lipinski definition) is 2. The van der Waals surface area contributed by atoms with E-state index in [4.69, 9.17) is 5.73 Å². The molecule has 0 bridgehead atoms. The van der Waals surface area contributed by atoms with Crippen LogP contribution < -0.4 is 5.73 Å². The molecule has 88 valence electrons. The maximum atomic E-state index is 6.37. The zero-order chi connectivity index (χ0) is 11.1. The van der Waals surface area contributed by atoms with Crippen LogP contribution in [0.1, 0.15) is 30.6 Å². The van der Waals surface area contributed by atoms with Crippen molar-refractivity contribution in [3.8, 4) is 0 Å². The van der Waals surface area contributed by atoms with Crippen LogP contribution in [0.2, 0.25) is 0 Å². The van der Waals surface area contributed by atoms with Crippen LogP contribution in [0.5, 0.6) is 0 Å². The van der Waals surface area contributed by atoms with Crippen LogP contribution in [0.4, 0.5) is 0 Å². The van der Waals surface area contributed by atoms with Gasteiger partial charge in [0.1, 0.15) is 0 Å². The molecule has 0 amide bonds. The lowest BCUT2D eigenvalue weighted by Gasteiger charge is -2.09. The smallest absolute Gasteiger partial charge is 0.0285 e. The summed E-state index contributed by atoms with van der Waals surface area (Å²) in [4.78, 5) is 1.43. The van der Waals surface area contributed by atoms with Crippen molar-refractivity contribution in [3.05, 3.63) is 20.8 Å². The molecule has 3 heteroatoms. The van der Waals surface area contributed by atoms with E-state index in [0.717, 1.165) is 24.2 Å². The zero-order valence-electron chi connectivity index (χ0n) is 9.36. The highest BCUT2D eigenvalue weighted by atomic mass is 79.9. The molecular weight excluding hydrogens is 282 g/mol. The molecule has 3 atom stereocenters. The number of fused-ring (bicyclic) bond motifs is 1. The Kier molecular flexibility index (Phi) is 3.11. The van der Waals surface area contributed by atoms with Gasteiger partial charge in [-0.1, -0.05) is 12.8 Å². The van der Waals surface area contributed by atoms with Crippen molar-refractivity contribution < 1.29 is 0 Å². The molecule has 1 aromatic rings. The summed E-state index contributed by atoms with van der Waals surface area (Å²) in [5.74, 6) is 2.79. The summed E-state index contributed by atoms with van der Waals surface area (Å²) in [5.41, 5.74) is 6.37. The largest absolute Gasteiger partial charge is 0.327 e. The fraction of sp³-hybridized carbons (Fsp3) is 0.692. The van der Waals surface area contributed by atoms with Gasteiger partial charge in [0.15, 0.2) is 0 Å². The highest BCUT2D eigenvalue weighted by Crippen LogP contribution is 2.56. The van der Waals surface area contributed by atoms with Gasteiger partial charge in [-0.15, -0.1) is 11.3 Å². The highest BCUT2D eigenvalue weighted by molar-refractivity contribution is 9.10. The Morgan fingerprint density at radius 3 is 2.62 bits per heavy atom. The van der Waals surface area contributed by atoms with E-state index in [-0.39, 0.29) is 0 Å². The third kappa shape index (κ3) is 2.09. The van der Waals surface area contributed by atoms with E-state index in [1.54, 1.807) is 0 Å². The average molecular weight is 300 g/mol. The Labute approximate surface area is 110 Å². The molecule has 3 rings (SSSR count). The Morgan fingerprint density at radius 1 is 1.38 bits per heavy atom. The minimum Gasteiger partial charge on any atom is -0.327 e. The van der Waals surface area contributed by atoms with Crippen molar-refractivity contribution >= 4 is 27.3 Å². The normalized spacial score (nSPS) is 34.5. The van der Waals surface area contributed by atoms with Gasteiger partial charge in [-0.3, -0.25) is 0 Å². The summed E-state index contributed by atoms with van der Waals surface area (Å²) in [6, 6.07) is 2.62. The standard InChI is InChI=1S/C13H18BrNS/c14-8-5-9(16-7-8)6-12(15)13-10-3-1-2-4-11(10)13/h5,7,10-13H,1-4,6,15H2. The lowest BCUT2D eigenvalue weighted by molar-refractivity contribution is 0.480. The molecule has 0 aromatic carbocycles. The second-order valence-electron chi connectivity index (χ2n) is 5.29.